The maximum atomic E-state index is 11.7. The number of H-pyrrole nitrogens is 1. The van der Waals surface area contributed by atoms with Crippen LogP contribution in [0.25, 0.3) is 17.0 Å². The predicted octanol–water partition coefficient (Wildman–Crippen LogP) is 0.695. The molecule has 1 saturated carbocycles. The molecule has 3 aromatic heterocycles. The van der Waals surface area contributed by atoms with Crippen molar-refractivity contribution in [3.8, 4) is 11.3 Å². The highest BCUT2D eigenvalue weighted by atomic mass is 16.1. The normalized spacial score (nSPS) is 15.2. The van der Waals surface area contributed by atoms with Crippen molar-refractivity contribution in [3.05, 3.63) is 34.6 Å². The Hall–Kier alpha value is -2.44. The van der Waals surface area contributed by atoms with Gasteiger partial charge in [-0.25, -0.2) is 0 Å². The second-order valence-electron chi connectivity index (χ2n) is 4.90. The Bertz CT molecular complexity index is 822. The standard InChI is InChI=1S/C12H12N6O/c1-17-6-8(5-13-17)9-4-10(19)14-12-15-11(7-2-3-7)16-18(9)12/h4-7H,2-3H2,1H3,(H,14,15,16,19). The maximum absolute atomic E-state index is 11.7. The van der Waals surface area contributed by atoms with Crippen LogP contribution in [0.4, 0.5) is 0 Å². The molecule has 0 bridgehead atoms. The van der Waals surface area contributed by atoms with E-state index in [9.17, 15) is 4.79 Å². The fourth-order valence-electron chi connectivity index (χ4n) is 2.18. The fourth-order valence-corrected chi connectivity index (χ4v) is 2.18. The summed E-state index contributed by atoms with van der Waals surface area (Å²) in [6.45, 7) is 0. The van der Waals surface area contributed by atoms with Gasteiger partial charge in [0.1, 0.15) is 0 Å². The molecule has 4 rings (SSSR count). The molecule has 1 fully saturated rings. The van der Waals surface area contributed by atoms with Crippen molar-refractivity contribution in [2.24, 2.45) is 7.05 Å². The van der Waals surface area contributed by atoms with E-state index in [1.807, 2.05) is 13.2 Å². The molecule has 7 heteroatoms. The Balaban J connectivity index is 2.00. The molecule has 1 N–H and O–H groups in total. The van der Waals surface area contributed by atoms with E-state index in [-0.39, 0.29) is 5.56 Å². The average molecular weight is 256 g/mol. The summed E-state index contributed by atoms with van der Waals surface area (Å²) in [5.41, 5.74) is 1.39. The summed E-state index contributed by atoms with van der Waals surface area (Å²) >= 11 is 0. The topological polar surface area (TPSA) is 80.9 Å². The Morgan fingerprint density at radius 3 is 2.95 bits per heavy atom. The first-order valence-corrected chi connectivity index (χ1v) is 6.20. The molecule has 19 heavy (non-hydrogen) atoms. The molecule has 0 amide bonds. The Morgan fingerprint density at radius 1 is 1.42 bits per heavy atom. The van der Waals surface area contributed by atoms with Crippen molar-refractivity contribution in [2.45, 2.75) is 18.8 Å². The van der Waals surface area contributed by atoms with E-state index in [0.29, 0.717) is 17.4 Å². The molecule has 0 atom stereocenters. The lowest BCUT2D eigenvalue weighted by Crippen LogP contribution is -2.09. The molecule has 3 aromatic rings. The molecular weight excluding hydrogens is 244 g/mol. The van der Waals surface area contributed by atoms with Gasteiger partial charge in [-0.15, -0.1) is 5.10 Å². The number of nitrogens with zero attached hydrogens (tertiary/aromatic N) is 5. The average Bonchev–Trinajstić information content (AvgIpc) is 3.00. The van der Waals surface area contributed by atoms with Crippen LogP contribution in [0.5, 0.6) is 0 Å². The zero-order valence-corrected chi connectivity index (χ0v) is 10.4. The Labute approximate surface area is 107 Å². The Morgan fingerprint density at radius 2 is 2.26 bits per heavy atom. The summed E-state index contributed by atoms with van der Waals surface area (Å²) in [7, 11) is 1.84. The van der Waals surface area contributed by atoms with Crippen LogP contribution < -0.4 is 5.56 Å². The molecule has 3 heterocycles. The fraction of sp³-hybridized carbons (Fsp3) is 0.333. The lowest BCUT2D eigenvalue weighted by Gasteiger charge is -1.99. The van der Waals surface area contributed by atoms with Gasteiger partial charge in [0.15, 0.2) is 5.82 Å². The number of aromatic nitrogens is 6. The first-order chi connectivity index (χ1) is 9.20. The van der Waals surface area contributed by atoms with E-state index in [2.05, 4.69) is 20.2 Å². The van der Waals surface area contributed by atoms with Gasteiger partial charge in [0.05, 0.1) is 11.9 Å². The third-order valence-electron chi connectivity index (χ3n) is 3.30. The van der Waals surface area contributed by atoms with Gasteiger partial charge in [0.2, 0.25) is 5.78 Å². The lowest BCUT2D eigenvalue weighted by atomic mass is 10.2. The van der Waals surface area contributed by atoms with Crippen molar-refractivity contribution in [2.75, 3.05) is 0 Å². The van der Waals surface area contributed by atoms with Crippen molar-refractivity contribution < 1.29 is 0 Å². The molecule has 0 spiro atoms. The number of hydrogen-bond donors (Lipinski definition) is 1. The van der Waals surface area contributed by atoms with Crippen LogP contribution in [-0.2, 0) is 7.05 Å². The van der Waals surface area contributed by atoms with Crippen LogP contribution in [-0.4, -0.2) is 29.4 Å². The van der Waals surface area contributed by atoms with E-state index in [1.54, 1.807) is 15.4 Å². The van der Waals surface area contributed by atoms with Gasteiger partial charge in [-0.3, -0.25) is 14.5 Å². The summed E-state index contributed by atoms with van der Waals surface area (Å²) in [6, 6.07) is 1.52. The number of nitrogens with one attached hydrogen (secondary N) is 1. The largest absolute Gasteiger partial charge is 0.291 e. The molecule has 1 aliphatic rings. The zero-order chi connectivity index (χ0) is 13.0. The molecule has 0 radical (unpaired) electrons. The molecule has 0 aromatic carbocycles. The maximum Gasteiger partial charge on any atom is 0.252 e. The second kappa shape index (κ2) is 3.53. The van der Waals surface area contributed by atoms with E-state index < -0.39 is 0 Å². The van der Waals surface area contributed by atoms with Crippen LogP contribution in [0, 0.1) is 0 Å². The number of aromatic amines is 1. The summed E-state index contributed by atoms with van der Waals surface area (Å²) in [4.78, 5) is 18.8. The van der Waals surface area contributed by atoms with Crippen LogP contribution in [0.3, 0.4) is 0 Å². The number of aryl methyl sites for hydroxylation is 1. The quantitative estimate of drug-likeness (QED) is 0.731. The van der Waals surface area contributed by atoms with Gasteiger partial charge in [-0.1, -0.05) is 0 Å². The zero-order valence-electron chi connectivity index (χ0n) is 10.4. The predicted molar refractivity (Wildman–Crippen MR) is 67.8 cm³/mol. The molecule has 7 nitrogen and oxygen atoms in total. The Kier molecular flexibility index (Phi) is 1.95. The van der Waals surface area contributed by atoms with Gasteiger partial charge >= 0.3 is 0 Å². The monoisotopic (exact) mass is 256 g/mol. The molecule has 96 valence electrons. The minimum atomic E-state index is -0.180. The molecule has 0 unspecified atom stereocenters. The van der Waals surface area contributed by atoms with Crippen molar-refractivity contribution in [1.29, 1.82) is 0 Å². The highest BCUT2D eigenvalue weighted by Crippen LogP contribution is 2.38. The van der Waals surface area contributed by atoms with Crippen LogP contribution in [0.1, 0.15) is 24.6 Å². The minimum Gasteiger partial charge on any atom is -0.291 e. The lowest BCUT2D eigenvalue weighted by molar-refractivity contribution is 0.768. The van der Waals surface area contributed by atoms with E-state index in [4.69, 9.17) is 0 Å². The third-order valence-corrected chi connectivity index (χ3v) is 3.30. The van der Waals surface area contributed by atoms with E-state index in [1.165, 1.54) is 6.07 Å². The molecular formula is C12H12N6O. The smallest absolute Gasteiger partial charge is 0.252 e. The van der Waals surface area contributed by atoms with Crippen LogP contribution >= 0.6 is 0 Å². The summed E-state index contributed by atoms with van der Waals surface area (Å²) in [6.07, 6.45) is 5.83. The van der Waals surface area contributed by atoms with Gasteiger partial charge in [-0.2, -0.15) is 14.6 Å². The van der Waals surface area contributed by atoms with Crippen molar-refractivity contribution in [3.63, 3.8) is 0 Å². The number of fused-ring (bicyclic) bond motifs is 1. The van der Waals surface area contributed by atoms with E-state index >= 15 is 0 Å². The number of rotatable bonds is 2. The second-order valence-corrected chi connectivity index (χ2v) is 4.90. The third kappa shape index (κ3) is 1.66. The number of hydrogen-bond acceptors (Lipinski definition) is 4. The van der Waals surface area contributed by atoms with Crippen LogP contribution in [0.15, 0.2) is 23.3 Å². The highest BCUT2D eigenvalue weighted by Gasteiger charge is 2.28. The summed E-state index contributed by atoms with van der Waals surface area (Å²) in [5.74, 6) is 1.75. The SMILES string of the molecule is Cn1cc(-c2cc(=O)[nH]c3nc(C4CC4)nn23)cn1. The molecule has 0 saturated heterocycles. The molecule has 1 aliphatic carbocycles. The van der Waals surface area contributed by atoms with E-state index in [0.717, 1.165) is 24.2 Å². The van der Waals surface area contributed by atoms with Gasteiger partial charge in [0, 0.05) is 30.8 Å². The first-order valence-electron chi connectivity index (χ1n) is 6.20. The summed E-state index contributed by atoms with van der Waals surface area (Å²) < 4.78 is 3.38. The van der Waals surface area contributed by atoms with Crippen molar-refractivity contribution >= 4 is 5.78 Å². The van der Waals surface area contributed by atoms with Gasteiger partial charge in [0.25, 0.3) is 5.56 Å². The highest BCUT2D eigenvalue weighted by molar-refractivity contribution is 5.59. The minimum absolute atomic E-state index is 0.180. The van der Waals surface area contributed by atoms with Gasteiger partial charge < -0.3 is 0 Å². The first kappa shape index (κ1) is 10.5. The van der Waals surface area contributed by atoms with Crippen LogP contribution in [0.2, 0.25) is 0 Å². The summed E-state index contributed by atoms with van der Waals surface area (Å²) in [5, 5.41) is 8.63. The molecule has 0 aliphatic heterocycles. The van der Waals surface area contributed by atoms with Crippen molar-refractivity contribution in [1.82, 2.24) is 29.4 Å². The van der Waals surface area contributed by atoms with Gasteiger partial charge in [-0.05, 0) is 12.8 Å².